The first kappa shape index (κ1) is 15.5. The highest BCUT2D eigenvalue weighted by atomic mass is 19.1. The maximum absolute atomic E-state index is 13.2. The molecule has 2 atom stereocenters. The van der Waals surface area contributed by atoms with Gasteiger partial charge in [-0.25, -0.2) is 4.39 Å². The normalized spacial score (nSPS) is 21.2. The molecule has 1 fully saturated rings. The molecule has 4 nitrogen and oxygen atoms in total. The molecule has 114 valence electrons. The topological polar surface area (TPSA) is 57.6 Å². The Morgan fingerprint density at radius 3 is 2.67 bits per heavy atom. The summed E-state index contributed by atoms with van der Waals surface area (Å²) in [7, 11) is 0. The Bertz CT molecular complexity index is 532. The molecular formula is C16H20FNO3. The highest BCUT2D eigenvalue weighted by Crippen LogP contribution is 2.33. The van der Waals surface area contributed by atoms with E-state index in [0.29, 0.717) is 25.9 Å². The quantitative estimate of drug-likeness (QED) is 0.908. The second kappa shape index (κ2) is 6.70. The summed E-state index contributed by atoms with van der Waals surface area (Å²) in [6, 6.07) is 6.14. The van der Waals surface area contributed by atoms with Gasteiger partial charge in [0.15, 0.2) is 0 Å². The van der Waals surface area contributed by atoms with Crippen LogP contribution in [0.1, 0.15) is 31.7 Å². The van der Waals surface area contributed by atoms with E-state index in [0.717, 1.165) is 12.0 Å². The number of benzene rings is 1. The number of nitrogens with zero attached hydrogens (tertiary/aromatic N) is 1. The van der Waals surface area contributed by atoms with Crippen LogP contribution in [0.2, 0.25) is 0 Å². The van der Waals surface area contributed by atoms with Crippen LogP contribution in [0.25, 0.3) is 0 Å². The molecule has 0 aromatic heterocycles. The van der Waals surface area contributed by atoms with Gasteiger partial charge in [0.25, 0.3) is 0 Å². The highest BCUT2D eigenvalue weighted by Gasteiger charge is 2.39. The van der Waals surface area contributed by atoms with Crippen LogP contribution in [0.5, 0.6) is 0 Å². The van der Waals surface area contributed by atoms with Crippen LogP contribution < -0.4 is 0 Å². The van der Waals surface area contributed by atoms with Crippen molar-refractivity contribution in [1.82, 2.24) is 4.90 Å². The summed E-state index contributed by atoms with van der Waals surface area (Å²) < 4.78 is 13.2. The lowest BCUT2D eigenvalue weighted by molar-refractivity contribution is -0.149. The van der Waals surface area contributed by atoms with E-state index < -0.39 is 17.8 Å². The van der Waals surface area contributed by atoms with Gasteiger partial charge in [0.1, 0.15) is 5.82 Å². The van der Waals surface area contributed by atoms with Crippen LogP contribution in [-0.4, -0.2) is 28.4 Å². The summed E-state index contributed by atoms with van der Waals surface area (Å²) in [6.45, 7) is 2.65. The molecule has 0 spiro atoms. The van der Waals surface area contributed by atoms with Crippen molar-refractivity contribution in [3.8, 4) is 0 Å². The van der Waals surface area contributed by atoms with Crippen LogP contribution in [-0.2, 0) is 16.1 Å². The molecule has 1 aliphatic carbocycles. The Balaban J connectivity index is 2.10. The van der Waals surface area contributed by atoms with Gasteiger partial charge in [-0.05, 0) is 37.5 Å². The minimum atomic E-state index is -0.896. The molecule has 0 radical (unpaired) electrons. The summed E-state index contributed by atoms with van der Waals surface area (Å²) in [5.41, 5.74) is 0.718. The molecule has 0 heterocycles. The molecule has 1 saturated carbocycles. The fraction of sp³-hybridized carbons (Fsp3) is 0.500. The second-order valence-electron chi connectivity index (χ2n) is 5.46. The fourth-order valence-electron chi connectivity index (χ4n) is 2.99. The van der Waals surface area contributed by atoms with Crippen molar-refractivity contribution in [2.75, 3.05) is 6.54 Å². The van der Waals surface area contributed by atoms with Gasteiger partial charge in [-0.1, -0.05) is 18.6 Å². The Hall–Kier alpha value is -1.91. The maximum Gasteiger partial charge on any atom is 0.307 e. The van der Waals surface area contributed by atoms with Crippen molar-refractivity contribution < 1.29 is 19.1 Å². The Kier molecular flexibility index (Phi) is 4.94. The number of hydrogen-bond acceptors (Lipinski definition) is 2. The Morgan fingerprint density at radius 1 is 1.33 bits per heavy atom. The third-order valence-electron chi connectivity index (χ3n) is 4.11. The van der Waals surface area contributed by atoms with Crippen LogP contribution in [0.4, 0.5) is 4.39 Å². The number of halogens is 1. The van der Waals surface area contributed by atoms with Crippen molar-refractivity contribution in [2.45, 2.75) is 32.7 Å². The lowest BCUT2D eigenvalue weighted by atomic mass is 9.94. The SMILES string of the molecule is CCN(Cc1cccc(F)c1)C(=O)C1CCCC1C(=O)O. The smallest absolute Gasteiger partial charge is 0.307 e. The number of amides is 1. The predicted molar refractivity (Wildman–Crippen MR) is 76.0 cm³/mol. The van der Waals surface area contributed by atoms with Crippen LogP contribution in [0, 0.1) is 17.7 Å². The molecule has 0 bridgehead atoms. The van der Waals surface area contributed by atoms with E-state index in [1.54, 1.807) is 17.0 Å². The second-order valence-corrected chi connectivity index (χ2v) is 5.46. The van der Waals surface area contributed by atoms with Crippen LogP contribution in [0.15, 0.2) is 24.3 Å². The third-order valence-corrected chi connectivity index (χ3v) is 4.11. The Labute approximate surface area is 123 Å². The number of carbonyl (C=O) groups excluding carboxylic acids is 1. The summed E-state index contributed by atoms with van der Waals surface area (Å²) in [5.74, 6) is -2.39. The van der Waals surface area contributed by atoms with Crippen molar-refractivity contribution >= 4 is 11.9 Å². The molecule has 1 aromatic carbocycles. The number of hydrogen-bond donors (Lipinski definition) is 1. The molecule has 5 heteroatoms. The van der Waals surface area contributed by atoms with Crippen molar-refractivity contribution in [3.05, 3.63) is 35.6 Å². The standard InChI is InChI=1S/C16H20FNO3/c1-2-18(10-11-5-3-6-12(17)9-11)15(19)13-7-4-8-14(13)16(20)21/h3,5-6,9,13-14H,2,4,7-8,10H2,1H3,(H,20,21). The lowest BCUT2D eigenvalue weighted by Crippen LogP contribution is -2.38. The van der Waals surface area contributed by atoms with Crippen LogP contribution in [0.3, 0.4) is 0 Å². The lowest BCUT2D eigenvalue weighted by Gasteiger charge is -2.26. The first-order valence-corrected chi connectivity index (χ1v) is 7.29. The minimum Gasteiger partial charge on any atom is -0.481 e. The van der Waals surface area contributed by atoms with Gasteiger partial charge in [0.2, 0.25) is 5.91 Å². The fourth-order valence-corrected chi connectivity index (χ4v) is 2.99. The summed E-state index contributed by atoms with van der Waals surface area (Å²) in [4.78, 5) is 25.4. The molecule has 1 aromatic rings. The molecule has 1 N–H and O–H groups in total. The zero-order valence-electron chi connectivity index (χ0n) is 12.1. The monoisotopic (exact) mass is 293 g/mol. The molecule has 2 rings (SSSR count). The van der Waals surface area contributed by atoms with E-state index in [2.05, 4.69) is 0 Å². The summed E-state index contributed by atoms with van der Waals surface area (Å²) >= 11 is 0. The van der Waals surface area contributed by atoms with E-state index in [1.165, 1.54) is 12.1 Å². The van der Waals surface area contributed by atoms with Crippen molar-refractivity contribution in [2.24, 2.45) is 11.8 Å². The third kappa shape index (κ3) is 3.60. The number of rotatable bonds is 5. The molecule has 2 unspecified atom stereocenters. The number of aliphatic carboxylic acids is 1. The average Bonchev–Trinajstić information content (AvgIpc) is 2.93. The van der Waals surface area contributed by atoms with Gasteiger partial charge in [-0.15, -0.1) is 0 Å². The number of carbonyl (C=O) groups is 2. The van der Waals surface area contributed by atoms with Crippen molar-refractivity contribution in [3.63, 3.8) is 0 Å². The largest absolute Gasteiger partial charge is 0.481 e. The number of carboxylic acid groups (broad SMARTS) is 1. The first-order valence-electron chi connectivity index (χ1n) is 7.29. The zero-order valence-corrected chi connectivity index (χ0v) is 12.1. The van der Waals surface area contributed by atoms with E-state index in [1.807, 2.05) is 6.92 Å². The molecule has 0 aliphatic heterocycles. The van der Waals surface area contributed by atoms with E-state index >= 15 is 0 Å². The van der Waals surface area contributed by atoms with E-state index in [-0.39, 0.29) is 11.7 Å². The van der Waals surface area contributed by atoms with Gasteiger partial charge < -0.3 is 10.0 Å². The molecule has 1 amide bonds. The van der Waals surface area contributed by atoms with Crippen LogP contribution >= 0.6 is 0 Å². The van der Waals surface area contributed by atoms with Gasteiger partial charge in [0.05, 0.1) is 11.8 Å². The predicted octanol–water partition coefficient (Wildman–Crippen LogP) is 2.68. The van der Waals surface area contributed by atoms with E-state index in [9.17, 15) is 19.1 Å². The first-order chi connectivity index (χ1) is 10.0. The maximum atomic E-state index is 13.2. The Morgan fingerprint density at radius 2 is 2.05 bits per heavy atom. The van der Waals surface area contributed by atoms with E-state index in [4.69, 9.17) is 0 Å². The summed E-state index contributed by atoms with van der Waals surface area (Å²) in [5, 5.41) is 9.19. The van der Waals surface area contributed by atoms with Gasteiger partial charge >= 0.3 is 5.97 Å². The average molecular weight is 293 g/mol. The zero-order chi connectivity index (χ0) is 15.4. The van der Waals surface area contributed by atoms with Gasteiger partial charge in [0, 0.05) is 13.1 Å². The number of carboxylic acids is 1. The molecule has 0 saturated heterocycles. The van der Waals surface area contributed by atoms with Gasteiger partial charge in [-0.2, -0.15) is 0 Å². The highest BCUT2D eigenvalue weighted by molar-refractivity contribution is 5.85. The summed E-state index contributed by atoms with van der Waals surface area (Å²) in [6.07, 6.45) is 1.95. The molecule has 21 heavy (non-hydrogen) atoms. The van der Waals surface area contributed by atoms with Gasteiger partial charge in [-0.3, -0.25) is 9.59 Å². The van der Waals surface area contributed by atoms with Crippen molar-refractivity contribution in [1.29, 1.82) is 0 Å². The molecule has 1 aliphatic rings. The molecular weight excluding hydrogens is 273 g/mol. The minimum absolute atomic E-state index is 0.133.